The molecular formula is C19H26N2. The molecule has 112 valence electrons. The maximum Gasteiger partial charge on any atom is 0.0902 e. The summed E-state index contributed by atoms with van der Waals surface area (Å²) < 4.78 is 0. The van der Waals surface area contributed by atoms with Gasteiger partial charge in [0.2, 0.25) is 0 Å². The summed E-state index contributed by atoms with van der Waals surface area (Å²) in [5.74, 6) is 0. The molecule has 2 aromatic rings. The van der Waals surface area contributed by atoms with E-state index in [9.17, 15) is 0 Å². The van der Waals surface area contributed by atoms with Crippen molar-refractivity contribution in [1.29, 1.82) is 0 Å². The number of hydrogen-bond acceptors (Lipinski definition) is 2. The molecular weight excluding hydrogens is 256 g/mol. The number of hydrogen-bond donors (Lipinski definition) is 0. The van der Waals surface area contributed by atoms with Gasteiger partial charge in [-0.3, -0.25) is 0 Å². The average molecular weight is 282 g/mol. The molecule has 0 aromatic heterocycles. The SMILES string of the molecule is CCN(CN(CC)c1ccccc1C)c1ccccc1C. The Morgan fingerprint density at radius 1 is 0.667 bits per heavy atom. The van der Waals surface area contributed by atoms with E-state index < -0.39 is 0 Å². The number of aryl methyl sites for hydroxylation is 2. The van der Waals surface area contributed by atoms with E-state index in [0.29, 0.717) is 0 Å². The standard InChI is InChI=1S/C19H26N2/c1-5-20(18-13-9-7-11-16(18)3)15-21(6-2)19-14-10-8-12-17(19)4/h7-14H,5-6,15H2,1-4H3. The number of rotatable bonds is 6. The molecule has 2 rings (SSSR count). The molecule has 0 aliphatic heterocycles. The van der Waals surface area contributed by atoms with Crippen LogP contribution in [-0.4, -0.2) is 19.8 Å². The fraction of sp³-hybridized carbons (Fsp3) is 0.368. The van der Waals surface area contributed by atoms with Gasteiger partial charge in [0, 0.05) is 24.5 Å². The highest BCUT2D eigenvalue weighted by molar-refractivity contribution is 5.57. The number of nitrogens with zero attached hydrogens (tertiary/aromatic N) is 2. The fourth-order valence-electron chi connectivity index (χ4n) is 2.74. The summed E-state index contributed by atoms with van der Waals surface area (Å²) in [5.41, 5.74) is 5.32. The van der Waals surface area contributed by atoms with Gasteiger partial charge in [-0.15, -0.1) is 0 Å². The molecule has 2 nitrogen and oxygen atoms in total. The quantitative estimate of drug-likeness (QED) is 0.714. The lowest BCUT2D eigenvalue weighted by molar-refractivity contribution is 0.750. The van der Waals surface area contributed by atoms with Crippen molar-refractivity contribution in [1.82, 2.24) is 0 Å². The van der Waals surface area contributed by atoms with E-state index in [4.69, 9.17) is 0 Å². The van der Waals surface area contributed by atoms with Crippen molar-refractivity contribution in [2.24, 2.45) is 0 Å². The van der Waals surface area contributed by atoms with E-state index in [-0.39, 0.29) is 0 Å². The van der Waals surface area contributed by atoms with Gasteiger partial charge >= 0.3 is 0 Å². The molecule has 0 N–H and O–H groups in total. The van der Waals surface area contributed by atoms with Crippen molar-refractivity contribution in [2.45, 2.75) is 27.7 Å². The van der Waals surface area contributed by atoms with Crippen LogP contribution in [0.4, 0.5) is 11.4 Å². The van der Waals surface area contributed by atoms with Crippen LogP contribution < -0.4 is 9.80 Å². The molecule has 0 bridgehead atoms. The van der Waals surface area contributed by atoms with Crippen LogP contribution in [0.25, 0.3) is 0 Å². The molecule has 2 aromatic carbocycles. The van der Waals surface area contributed by atoms with E-state index in [1.54, 1.807) is 0 Å². The first-order valence-electron chi connectivity index (χ1n) is 7.78. The molecule has 0 aliphatic carbocycles. The van der Waals surface area contributed by atoms with Gasteiger partial charge in [-0.1, -0.05) is 36.4 Å². The first kappa shape index (κ1) is 15.4. The molecule has 0 aliphatic rings. The molecule has 21 heavy (non-hydrogen) atoms. The summed E-state index contributed by atoms with van der Waals surface area (Å²) in [6, 6.07) is 17.2. The van der Waals surface area contributed by atoms with Gasteiger partial charge in [0.25, 0.3) is 0 Å². The average Bonchev–Trinajstić information content (AvgIpc) is 2.51. The van der Waals surface area contributed by atoms with Gasteiger partial charge in [0.1, 0.15) is 0 Å². The van der Waals surface area contributed by atoms with Gasteiger partial charge in [-0.25, -0.2) is 0 Å². The zero-order valence-corrected chi connectivity index (χ0v) is 13.6. The summed E-state index contributed by atoms with van der Waals surface area (Å²) in [5, 5.41) is 0. The monoisotopic (exact) mass is 282 g/mol. The van der Waals surface area contributed by atoms with Crippen molar-refractivity contribution < 1.29 is 0 Å². The van der Waals surface area contributed by atoms with Crippen LogP contribution in [0.3, 0.4) is 0 Å². The second-order valence-electron chi connectivity index (χ2n) is 5.43. The second-order valence-corrected chi connectivity index (χ2v) is 5.43. The Hall–Kier alpha value is -1.96. The van der Waals surface area contributed by atoms with Gasteiger partial charge in [0.15, 0.2) is 0 Å². The predicted molar refractivity (Wildman–Crippen MR) is 93.3 cm³/mol. The first-order chi connectivity index (χ1) is 10.2. The number of para-hydroxylation sites is 2. The van der Waals surface area contributed by atoms with Crippen LogP contribution in [-0.2, 0) is 0 Å². The molecule has 0 saturated carbocycles. The highest BCUT2D eigenvalue weighted by Crippen LogP contribution is 2.23. The van der Waals surface area contributed by atoms with Crippen LogP contribution in [0.2, 0.25) is 0 Å². The Morgan fingerprint density at radius 2 is 1.05 bits per heavy atom. The van der Waals surface area contributed by atoms with Crippen molar-refractivity contribution in [3.8, 4) is 0 Å². The second kappa shape index (κ2) is 7.16. The Labute approximate surface area is 129 Å². The minimum absolute atomic E-state index is 0.919. The first-order valence-corrected chi connectivity index (χ1v) is 7.78. The summed E-state index contributed by atoms with van der Waals surface area (Å²) in [6.07, 6.45) is 0. The van der Waals surface area contributed by atoms with E-state index >= 15 is 0 Å². The lowest BCUT2D eigenvalue weighted by Gasteiger charge is -2.33. The normalized spacial score (nSPS) is 10.5. The lowest BCUT2D eigenvalue weighted by Crippen LogP contribution is -2.38. The maximum atomic E-state index is 2.44. The van der Waals surface area contributed by atoms with Crippen LogP contribution >= 0.6 is 0 Å². The van der Waals surface area contributed by atoms with Crippen molar-refractivity contribution in [3.05, 3.63) is 59.7 Å². The third-order valence-electron chi connectivity index (χ3n) is 4.02. The van der Waals surface area contributed by atoms with E-state index in [0.717, 1.165) is 19.8 Å². The van der Waals surface area contributed by atoms with Gasteiger partial charge in [-0.05, 0) is 51.0 Å². The van der Waals surface area contributed by atoms with Crippen LogP contribution in [0.15, 0.2) is 48.5 Å². The highest BCUT2D eigenvalue weighted by Gasteiger charge is 2.13. The Bertz CT molecular complexity index is 526. The number of benzene rings is 2. The predicted octanol–water partition coefficient (Wildman–Crippen LogP) is 4.61. The summed E-state index contributed by atoms with van der Waals surface area (Å²) >= 11 is 0. The molecule has 0 saturated heterocycles. The summed E-state index contributed by atoms with van der Waals surface area (Å²) in [7, 11) is 0. The van der Waals surface area contributed by atoms with E-state index in [2.05, 4.69) is 86.0 Å². The van der Waals surface area contributed by atoms with Crippen molar-refractivity contribution >= 4 is 11.4 Å². The van der Waals surface area contributed by atoms with Crippen LogP contribution in [0.1, 0.15) is 25.0 Å². The van der Waals surface area contributed by atoms with Gasteiger partial charge in [-0.2, -0.15) is 0 Å². The molecule has 0 radical (unpaired) electrons. The summed E-state index contributed by atoms with van der Waals surface area (Å²) in [6.45, 7) is 11.7. The minimum atomic E-state index is 0.919. The molecule has 0 heterocycles. The largest absolute Gasteiger partial charge is 0.354 e. The zero-order valence-electron chi connectivity index (χ0n) is 13.6. The van der Waals surface area contributed by atoms with Gasteiger partial charge in [0.05, 0.1) is 6.67 Å². The Kier molecular flexibility index (Phi) is 5.26. The summed E-state index contributed by atoms with van der Waals surface area (Å²) in [4.78, 5) is 4.87. The molecule has 0 unspecified atom stereocenters. The molecule has 0 fully saturated rings. The fourth-order valence-corrected chi connectivity index (χ4v) is 2.74. The molecule has 2 heteroatoms. The van der Waals surface area contributed by atoms with Crippen LogP contribution in [0, 0.1) is 13.8 Å². The molecule has 0 atom stereocenters. The van der Waals surface area contributed by atoms with Crippen LogP contribution in [0.5, 0.6) is 0 Å². The number of anilines is 2. The third-order valence-corrected chi connectivity index (χ3v) is 4.02. The van der Waals surface area contributed by atoms with Crippen molar-refractivity contribution in [2.75, 3.05) is 29.6 Å². The molecule has 0 spiro atoms. The van der Waals surface area contributed by atoms with Crippen molar-refractivity contribution in [3.63, 3.8) is 0 Å². The maximum absolute atomic E-state index is 2.44. The molecule has 0 amide bonds. The van der Waals surface area contributed by atoms with E-state index in [1.165, 1.54) is 22.5 Å². The lowest BCUT2D eigenvalue weighted by atomic mass is 10.1. The Morgan fingerprint density at radius 3 is 1.38 bits per heavy atom. The third kappa shape index (κ3) is 3.57. The Balaban J connectivity index is 2.24. The highest BCUT2D eigenvalue weighted by atomic mass is 15.3. The zero-order chi connectivity index (χ0) is 15.2. The van der Waals surface area contributed by atoms with Gasteiger partial charge < -0.3 is 9.80 Å². The minimum Gasteiger partial charge on any atom is -0.354 e. The van der Waals surface area contributed by atoms with E-state index in [1.807, 2.05) is 0 Å². The topological polar surface area (TPSA) is 6.48 Å². The smallest absolute Gasteiger partial charge is 0.0902 e.